The monoisotopic (exact) mass is 267 g/mol. The van der Waals surface area contributed by atoms with Gasteiger partial charge >= 0.3 is 0 Å². The van der Waals surface area contributed by atoms with Crippen LogP contribution in [0.25, 0.3) is 0 Å². The Balaban J connectivity index is 1.84. The second-order valence-electron chi connectivity index (χ2n) is 4.96. The lowest BCUT2D eigenvalue weighted by atomic mass is 10.2. The van der Waals surface area contributed by atoms with Crippen LogP contribution in [0, 0.1) is 0 Å². The fourth-order valence-electron chi connectivity index (χ4n) is 2.38. The number of aromatic nitrogens is 2. The molecule has 1 fully saturated rings. The fraction of sp³-hybridized carbons (Fsp3) is 0.769. The first-order valence-electron chi connectivity index (χ1n) is 7.07. The van der Waals surface area contributed by atoms with Crippen LogP contribution >= 0.6 is 0 Å². The lowest BCUT2D eigenvalue weighted by molar-refractivity contribution is 0.0398. The van der Waals surface area contributed by atoms with E-state index in [-0.39, 0.29) is 0 Å². The molecule has 0 saturated carbocycles. The fourth-order valence-corrected chi connectivity index (χ4v) is 2.38. The topological polar surface area (TPSA) is 68.3 Å². The smallest absolute Gasteiger partial charge is 0.147 e. The first-order valence-corrected chi connectivity index (χ1v) is 7.07. The molecule has 0 atom stereocenters. The van der Waals surface area contributed by atoms with Crippen LogP contribution in [0.2, 0.25) is 0 Å². The van der Waals surface area contributed by atoms with Gasteiger partial charge in [-0.05, 0) is 6.42 Å². The zero-order valence-corrected chi connectivity index (χ0v) is 12.0. The van der Waals surface area contributed by atoms with Crippen molar-refractivity contribution in [2.75, 3.05) is 50.4 Å². The van der Waals surface area contributed by atoms with E-state index in [1.807, 2.05) is 11.7 Å². The highest BCUT2D eigenvalue weighted by Crippen LogP contribution is 2.22. The summed E-state index contributed by atoms with van der Waals surface area (Å²) in [6.07, 6.45) is 2.00. The van der Waals surface area contributed by atoms with Crippen molar-refractivity contribution in [3.8, 4) is 0 Å². The number of anilines is 2. The van der Waals surface area contributed by atoms with Crippen molar-refractivity contribution in [2.24, 2.45) is 7.05 Å². The van der Waals surface area contributed by atoms with Crippen molar-refractivity contribution >= 4 is 11.5 Å². The maximum Gasteiger partial charge on any atom is 0.147 e. The van der Waals surface area contributed by atoms with Gasteiger partial charge in [-0.3, -0.25) is 9.58 Å². The van der Waals surface area contributed by atoms with Crippen LogP contribution in [0.1, 0.15) is 19.0 Å². The van der Waals surface area contributed by atoms with E-state index in [1.54, 1.807) is 0 Å². The number of hydrogen-bond acceptors (Lipinski definition) is 5. The average molecular weight is 267 g/mol. The summed E-state index contributed by atoms with van der Waals surface area (Å²) < 4.78 is 7.18. The van der Waals surface area contributed by atoms with Crippen LogP contribution in [0.15, 0.2) is 0 Å². The number of nitrogen functional groups attached to an aromatic ring is 1. The van der Waals surface area contributed by atoms with Crippen molar-refractivity contribution in [1.29, 1.82) is 0 Å². The van der Waals surface area contributed by atoms with E-state index < -0.39 is 0 Å². The number of nitrogens with zero attached hydrogens (tertiary/aromatic N) is 3. The Hall–Kier alpha value is -1.27. The van der Waals surface area contributed by atoms with E-state index in [0.29, 0.717) is 0 Å². The summed E-state index contributed by atoms with van der Waals surface area (Å²) >= 11 is 0. The largest absolute Gasteiger partial charge is 0.394 e. The van der Waals surface area contributed by atoms with E-state index in [4.69, 9.17) is 10.5 Å². The molecule has 0 spiro atoms. The third-order valence-corrected chi connectivity index (χ3v) is 3.47. The van der Waals surface area contributed by atoms with Gasteiger partial charge in [-0.2, -0.15) is 5.10 Å². The van der Waals surface area contributed by atoms with Crippen molar-refractivity contribution in [3.05, 3.63) is 5.69 Å². The number of morpholine rings is 1. The van der Waals surface area contributed by atoms with Crippen molar-refractivity contribution in [3.63, 3.8) is 0 Å². The summed E-state index contributed by atoms with van der Waals surface area (Å²) in [7, 11) is 1.94. The summed E-state index contributed by atoms with van der Waals surface area (Å²) in [5.74, 6) is 0.941. The van der Waals surface area contributed by atoms with Gasteiger partial charge in [0.1, 0.15) is 5.82 Å². The number of rotatable bonds is 6. The number of nitrogens with two attached hydrogens (primary N) is 1. The van der Waals surface area contributed by atoms with Crippen LogP contribution in [-0.4, -0.2) is 54.1 Å². The van der Waals surface area contributed by atoms with Crippen LogP contribution < -0.4 is 11.1 Å². The SMILES string of the molecule is CCCc1nn(C)c(NCCN2CCOCC2)c1N. The van der Waals surface area contributed by atoms with Crippen LogP contribution in [0.5, 0.6) is 0 Å². The highest BCUT2D eigenvalue weighted by molar-refractivity contribution is 5.65. The van der Waals surface area contributed by atoms with E-state index >= 15 is 0 Å². The molecule has 3 N–H and O–H groups in total. The Morgan fingerprint density at radius 1 is 1.37 bits per heavy atom. The highest BCUT2D eigenvalue weighted by Gasteiger charge is 2.13. The molecule has 0 radical (unpaired) electrons. The van der Waals surface area contributed by atoms with E-state index in [9.17, 15) is 0 Å². The molecule has 0 aliphatic carbocycles. The number of aryl methyl sites for hydroxylation is 2. The molecule has 1 aromatic heterocycles. The average Bonchev–Trinajstić information content (AvgIpc) is 2.68. The first-order chi connectivity index (χ1) is 9.22. The minimum atomic E-state index is 0.798. The summed E-state index contributed by atoms with van der Waals surface area (Å²) in [6, 6.07) is 0. The van der Waals surface area contributed by atoms with E-state index in [2.05, 4.69) is 22.2 Å². The Morgan fingerprint density at radius 2 is 2.11 bits per heavy atom. The van der Waals surface area contributed by atoms with Crippen LogP contribution in [0.3, 0.4) is 0 Å². The molecule has 2 rings (SSSR count). The standard InChI is InChI=1S/C13H25N5O/c1-3-4-11-12(14)13(17(2)16-11)15-5-6-18-7-9-19-10-8-18/h15H,3-10,14H2,1-2H3. The lowest BCUT2D eigenvalue weighted by Gasteiger charge is -2.26. The molecular weight excluding hydrogens is 242 g/mol. The molecule has 1 aromatic rings. The van der Waals surface area contributed by atoms with Gasteiger partial charge in [-0.1, -0.05) is 13.3 Å². The minimum Gasteiger partial charge on any atom is -0.394 e. The number of ether oxygens (including phenoxy) is 1. The zero-order valence-electron chi connectivity index (χ0n) is 12.0. The van der Waals surface area contributed by atoms with Gasteiger partial charge in [0.15, 0.2) is 0 Å². The zero-order chi connectivity index (χ0) is 13.7. The molecule has 1 aliphatic rings. The molecule has 0 unspecified atom stereocenters. The number of hydrogen-bond donors (Lipinski definition) is 2. The quantitative estimate of drug-likeness (QED) is 0.794. The van der Waals surface area contributed by atoms with Crippen molar-refractivity contribution in [1.82, 2.24) is 14.7 Å². The maximum absolute atomic E-state index is 6.13. The second-order valence-corrected chi connectivity index (χ2v) is 4.96. The molecular formula is C13H25N5O. The van der Waals surface area contributed by atoms with Crippen molar-refractivity contribution < 1.29 is 4.74 Å². The lowest BCUT2D eigenvalue weighted by Crippen LogP contribution is -2.39. The van der Waals surface area contributed by atoms with Gasteiger partial charge in [-0.25, -0.2) is 0 Å². The third-order valence-electron chi connectivity index (χ3n) is 3.47. The van der Waals surface area contributed by atoms with Gasteiger partial charge in [0.05, 0.1) is 24.6 Å². The Labute approximate surface area is 114 Å². The Bertz CT molecular complexity index is 398. The first kappa shape index (κ1) is 14.1. The van der Waals surface area contributed by atoms with E-state index in [1.165, 1.54) is 0 Å². The van der Waals surface area contributed by atoms with Gasteiger partial charge in [-0.15, -0.1) is 0 Å². The van der Waals surface area contributed by atoms with Crippen molar-refractivity contribution in [2.45, 2.75) is 19.8 Å². The second kappa shape index (κ2) is 6.77. The Morgan fingerprint density at radius 3 is 2.79 bits per heavy atom. The van der Waals surface area contributed by atoms with Gasteiger partial charge < -0.3 is 15.8 Å². The summed E-state index contributed by atoms with van der Waals surface area (Å²) in [5.41, 5.74) is 7.93. The van der Waals surface area contributed by atoms with Gasteiger partial charge in [0, 0.05) is 33.2 Å². The molecule has 6 nitrogen and oxygen atoms in total. The molecule has 1 aliphatic heterocycles. The molecule has 0 amide bonds. The summed E-state index contributed by atoms with van der Waals surface area (Å²) in [4.78, 5) is 2.40. The molecule has 2 heterocycles. The Kier molecular flexibility index (Phi) is 5.04. The predicted molar refractivity (Wildman–Crippen MR) is 77.4 cm³/mol. The van der Waals surface area contributed by atoms with Crippen LogP contribution in [-0.2, 0) is 18.2 Å². The molecule has 0 aromatic carbocycles. The predicted octanol–water partition coefficient (Wildman–Crippen LogP) is 0.699. The summed E-state index contributed by atoms with van der Waals surface area (Å²) in [5, 5.41) is 7.86. The number of nitrogens with one attached hydrogen (secondary N) is 1. The molecule has 19 heavy (non-hydrogen) atoms. The van der Waals surface area contributed by atoms with Gasteiger partial charge in [0.2, 0.25) is 0 Å². The molecule has 1 saturated heterocycles. The van der Waals surface area contributed by atoms with E-state index in [0.717, 1.165) is 69.4 Å². The molecule has 6 heteroatoms. The normalized spacial score (nSPS) is 16.7. The summed E-state index contributed by atoms with van der Waals surface area (Å²) in [6.45, 7) is 7.75. The van der Waals surface area contributed by atoms with Gasteiger partial charge in [0.25, 0.3) is 0 Å². The molecule has 108 valence electrons. The molecule has 0 bridgehead atoms. The highest BCUT2D eigenvalue weighted by atomic mass is 16.5. The maximum atomic E-state index is 6.13. The minimum absolute atomic E-state index is 0.798. The third kappa shape index (κ3) is 3.61. The van der Waals surface area contributed by atoms with Crippen LogP contribution in [0.4, 0.5) is 11.5 Å².